The Morgan fingerprint density at radius 3 is 2.56 bits per heavy atom. The highest BCUT2D eigenvalue weighted by molar-refractivity contribution is 7.92. The van der Waals surface area contributed by atoms with Crippen LogP contribution < -0.4 is 4.72 Å². The number of carbonyl (C=O) groups is 1. The molecule has 0 spiro atoms. The van der Waals surface area contributed by atoms with Crippen molar-refractivity contribution < 1.29 is 13.2 Å². The van der Waals surface area contributed by atoms with Crippen molar-refractivity contribution in [1.82, 2.24) is 4.90 Å². The number of amides is 1. The highest BCUT2D eigenvalue weighted by Crippen LogP contribution is 2.33. The Hall–Kier alpha value is -2.60. The lowest BCUT2D eigenvalue weighted by Crippen LogP contribution is -2.32. The third-order valence-electron chi connectivity index (χ3n) is 4.79. The first-order chi connectivity index (χ1) is 12.8. The topological polar surface area (TPSA) is 66.5 Å². The Morgan fingerprint density at radius 2 is 1.85 bits per heavy atom. The standard InChI is InChI=1S/C21H24N2O3S/c1-23(20-9-5-7-17-6-3-4-8-19(17)20)21(24)15-12-16-10-13-18(14-11-16)22-27(2,25)26/h3-4,6,8,10-15,20,22H,5,7,9H2,1-2H3/b15-12+. The number of hydrogen-bond donors (Lipinski definition) is 1. The third kappa shape index (κ3) is 4.98. The summed E-state index contributed by atoms with van der Waals surface area (Å²) in [6.07, 6.45) is 7.54. The minimum absolute atomic E-state index is 0.0463. The van der Waals surface area contributed by atoms with Gasteiger partial charge in [0.05, 0.1) is 12.3 Å². The van der Waals surface area contributed by atoms with Crippen LogP contribution in [0, 0.1) is 0 Å². The Morgan fingerprint density at radius 1 is 1.15 bits per heavy atom. The van der Waals surface area contributed by atoms with E-state index in [1.54, 1.807) is 41.3 Å². The average Bonchev–Trinajstić information content (AvgIpc) is 2.65. The molecule has 5 nitrogen and oxygen atoms in total. The van der Waals surface area contributed by atoms with E-state index in [0.29, 0.717) is 5.69 Å². The van der Waals surface area contributed by atoms with Crippen LogP contribution in [0.1, 0.15) is 35.6 Å². The number of fused-ring (bicyclic) bond motifs is 1. The summed E-state index contributed by atoms with van der Waals surface area (Å²) in [6.45, 7) is 0. The number of sulfonamides is 1. The molecule has 1 unspecified atom stereocenters. The van der Waals surface area contributed by atoms with Gasteiger partial charge in [-0.15, -0.1) is 0 Å². The molecule has 27 heavy (non-hydrogen) atoms. The molecule has 0 aliphatic heterocycles. The molecule has 2 aromatic rings. The monoisotopic (exact) mass is 384 g/mol. The van der Waals surface area contributed by atoms with E-state index < -0.39 is 10.0 Å². The number of anilines is 1. The van der Waals surface area contributed by atoms with Crippen molar-refractivity contribution in [2.75, 3.05) is 18.0 Å². The van der Waals surface area contributed by atoms with Gasteiger partial charge in [0.15, 0.2) is 0 Å². The molecule has 0 bridgehead atoms. The molecular weight excluding hydrogens is 360 g/mol. The summed E-state index contributed by atoms with van der Waals surface area (Å²) in [5, 5.41) is 0. The van der Waals surface area contributed by atoms with E-state index in [2.05, 4.69) is 16.9 Å². The minimum atomic E-state index is -3.29. The fourth-order valence-electron chi connectivity index (χ4n) is 3.45. The summed E-state index contributed by atoms with van der Waals surface area (Å²) in [5.41, 5.74) is 3.90. The maximum absolute atomic E-state index is 12.6. The molecular formula is C21H24N2O3S. The van der Waals surface area contributed by atoms with Crippen molar-refractivity contribution in [3.63, 3.8) is 0 Å². The molecule has 0 aromatic heterocycles. The second-order valence-electron chi connectivity index (χ2n) is 6.89. The summed E-state index contributed by atoms with van der Waals surface area (Å²) in [6, 6.07) is 15.3. The first kappa shape index (κ1) is 19.2. The van der Waals surface area contributed by atoms with Gasteiger partial charge < -0.3 is 4.90 Å². The van der Waals surface area contributed by atoms with Gasteiger partial charge >= 0.3 is 0 Å². The van der Waals surface area contributed by atoms with Crippen molar-refractivity contribution >= 4 is 27.7 Å². The number of carbonyl (C=O) groups excluding carboxylic acids is 1. The highest BCUT2D eigenvalue weighted by atomic mass is 32.2. The van der Waals surface area contributed by atoms with E-state index in [9.17, 15) is 13.2 Å². The summed E-state index contributed by atoms with van der Waals surface area (Å²) in [5.74, 6) is -0.0463. The molecule has 1 aliphatic rings. The predicted octanol–water partition coefficient (Wildman–Crippen LogP) is 3.61. The van der Waals surface area contributed by atoms with Crippen LogP contribution in [0.3, 0.4) is 0 Å². The van der Waals surface area contributed by atoms with Crippen LogP contribution in [-0.4, -0.2) is 32.5 Å². The Kier molecular flexibility index (Phi) is 5.65. The summed E-state index contributed by atoms with van der Waals surface area (Å²) >= 11 is 0. The largest absolute Gasteiger partial charge is 0.335 e. The molecule has 1 N–H and O–H groups in total. The van der Waals surface area contributed by atoms with Crippen LogP contribution in [0.25, 0.3) is 6.08 Å². The van der Waals surface area contributed by atoms with Crippen LogP contribution in [0.4, 0.5) is 5.69 Å². The summed E-state index contributed by atoms with van der Waals surface area (Å²) in [4.78, 5) is 14.4. The molecule has 0 saturated heterocycles. The van der Waals surface area contributed by atoms with Gasteiger partial charge in [0.2, 0.25) is 15.9 Å². The zero-order chi connectivity index (χ0) is 19.4. The number of nitrogens with one attached hydrogen (secondary N) is 1. The SMILES string of the molecule is CN(C(=O)/C=C/c1ccc(NS(C)(=O)=O)cc1)C1CCCc2ccccc21. The van der Waals surface area contributed by atoms with Gasteiger partial charge in [-0.25, -0.2) is 8.42 Å². The van der Waals surface area contributed by atoms with Crippen LogP contribution in [0.2, 0.25) is 0 Å². The first-order valence-corrected chi connectivity index (χ1v) is 10.8. The zero-order valence-electron chi connectivity index (χ0n) is 15.6. The van der Waals surface area contributed by atoms with Gasteiger partial charge in [-0.3, -0.25) is 9.52 Å². The number of benzene rings is 2. The second kappa shape index (κ2) is 7.96. The number of likely N-dealkylation sites (N-methyl/N-ethyl adjacent to an activating group) is 1. The van der Waals surface area contributed by atoms with Gasteiger partial charge in [0, 0.05) is 18.8 Å². The lowest BCUT2D eigenvalue weighted by molar-refractivity contribution is -0.127. The fraction of sp³-hybridized carbons (Fsp3) is 0.286. The molecule has 6 heteroatoms. The van der Waals surface area contributed by atoms with Crippen molar-refractivity contribution in [1.29, 1.82) is 0 Å². The van der Waals surface area contributed by atoms with Gasteiger partial charge in [-0.2, -0.15) is 0 Å². The average molecular weight is 385 g/mol. The van der Waals surface area contributed by atoms with E-state index in [1.165, 1.54) is 11.1 Å². The molecule has 0 heterocycles. The quantitative estimate of drug-likeness (QED) is 0.801. The Balaban J connectivity index is 1.68. The summed E-state index contributed by atoms with van der Waals surface area (Å²) < 4.78 is 24.9. The van der Waals surface area contributed by atoms with Crippen LogP contribution in [0.15, 0.2) is 54.6 Å². The predicted molar refractivity (Wildman–Crippen MR) is 109 cm³/mol. The molecule has 0 radical (unpaired) electrons. The zero-order valence-corrected chi connectivity index (χ0v) is 16.4. The molecule has 2 aromatic carbocycles. The van der Waals surface area contributed by atoms with E-state index in [-0.39, 0.29) is 11.9 Å². The van der Waals surface area contributed by atoms with Gasteiger partial charge in [-0.05, 0) is 54.2 Å². The minimum Gasteiger partial charge on any atom is -0.335 e. The number of rotatable bonds is 5. The number of nitrogens with zero attached hydrogens (tertiary/aromatic N) is 1. The molecule has 0 saturated carbocycles. The Labute approximate surface area is 160 Å². The number of hydrogen-bond acceptors (Lipinski definition) is 3. The lowest BCUT2D eigenvalue weighted by Gasteiger charge is -2.32. The number of aryl methyl sites for hydroxylation is 1. The van der Waals surface area contributed by atoms with Crippen molar-refractivity contribution in [2.45, 2.75) is 25.3 Å². The third-order valence-corrected chi connectivity index (χ3v) is 5.39. The molecule has 142 valence electrons. The van der Waals surface area contributed by atoms with Crippen LogP contribution >= 0.6 is 0 Å². The molecule has 1 amide bonds. The van der Waals surface area contributed by atoms with E-state index in [0.717, 1.165) is 31.1 Å². The normalized spacial score (nSPS) is 16.7. The van der Waals surface area contributed by atoms with Crippen molar-refractivity contribution in [2.24, 2.45) is 0 Å². The van der Waals surface area contributed by atoms with Gasteiger partial charge in [0.1, 0.15) is 0 Å². The van der Waals surface area contributed by atoms with Gasteiger partial charge in [-0.1, -0.05) is 36.4 Å². The molecule has 1 aliphatic carbocycles. The van der Waals surface area contributed by atoms with Crippen molar-refractivity contribution in [3.05, 3.63) is 71.3 Å². The maximum Gasteiger partial charge on any atom is 0.246 e. The highest BCUT2D eigenvalue weighted by Gasteiger charge is 2.25. The van der Waals surface area contributed by atoms with Crippen molar-refractivity contribution in [3.8, 4) is 0 Å². The van der Waals surface area contributed by atoms with Gasteiger partial charge in [0.25, 0.3) is 0 Å². The van der Waals surface area contributed by atoms with E-state index in [4.69, 9.17) is 0 Å². The lowest BCUT2D eigenvalue weighted by atomic mass is 9.87. The second-order valence-corrected chi connectivity index (χ2v) is 8.63. The van der Waals surface area contributed by atoms with E-state index >= 15 is 0 Å². The van der Waals surface area contributed by atoms with E-state index in [1.807, 2.05) is 19.2 Å². The first-order valence-electron chi connectivity index (χ1n) is 8.94. The summed E-state index contributed by atoms with van der Waals surface area (Å²) in [7, 11) is -1.45. The molecule has 0 fully saturated rings. The van der Waals surface area contributed by atoms with Crippen LogP contribution in [-0.2, 0) is 21.2 Å². The molecule has 1 atom stereocenters. The molecule has 3 rings (SSSR count). The van der Waals surface area contributed by atoms with Crippen LogP contribution in [0.5, 0.6) is 0 Å². The smallest absolute Gasteiger partial charge is 0.246 e. The fourth-order valence-corrected chi connectivity index (χ4v) is 4.01. The Bertz CT molecular complexity index is 950. The maximum atomic E-state index is 12.6.